The minimum Gasteiger partial charge on any atom is -0.394 e. The van der Waals surface area contributed by atoms with Gasteiger partial charge in [-0.3, -0.25) is 4.79 Å². The number of aliphatic hydroxyl groups excluding tert-OH is 1. The van der Waals surface area contributed by atoms with E-state index in [1.54, 1.807) is 4.90 Å². The number of aliphatic hydroxyl groups is 1. The highest BCUT2D eigenvalue weighted by Crippen LogP contribution is 2.24. The van der Waals surface area contributed by atoms with Gasteiger partial charge >= 0.3 is 0 Å². The number of benzene rings is 1. The highest BCUT2D eigenvalue weighted by Gasteiger charge is 2.27. The van der Waals surface area contributed by atoms with Crippen LogP contribution in [0.3, 0.4) is 0 Å². The molecule has 0 saturated carbocycles. The fourth-order valence-corrected chi connectivity index (χ4v) is 2.97. The van der Waals surface area contributed by atoms with Crippen molar-refractivity contribution >= 4 is 17.7 Å². The van der Waals surface area contributed by atoms with Crippen molar-refractivity contribution in [1.29, 1.82) is 0 Å². The van der Waals surface area contributed by atoms with Crippen LogP contribution in [0.25, 0.3) is 0 Å². The van der Waals surface area contributed by atoms with Gasteiger partial charge in [-0.1, -0.05) is 0 Å². The van der Waals surface area contributed by atoms with Crippen LogP contribution < -0.4 is 0 Å². The van der Waals surface area contributed by atoms with Gasteiger partial charge in [0, 0.05) is 17.5 Å². The monoisotopic (exact) mass is 287 g/mol. The Morgan fingerprint density at radius 1 is 1.47 bits per heavy atom. The lowest BCUT2D eigenvalue weighted by atomic mass is 10.2. The molecule has 0 aromatic heterocycles. The largest absolute Gasteiger partial charge is 0.394 e. The van der Waals surface area contributed by atoms with Crippen LogP contribution in [0.1, 0.15) is 12.8 Å². The Bertz CT molecular complexity index is 470. The molecular formula is C13H15F2NO2S. The van der Waals surface area contributed by atoms with E-state index in [0.29, 0.717) is 6.54 Å². The van der Waals surface area contributed by atoms with E-state index in [9.17, 15) is 13.6 Å². The number of nitrogens with zero attached hydrogens (tertiary/aromatic N) is 1. The first kappa shape index (κ1) is 14.3. The average Bonchev–Trinajstić information content (AvgIpc) is 2.85. The molecule has 1 atom stereocenters. The van der Waals surface area contributed by atoms with Gasteiger partial charge in [0.25, 0.3) is 0 Å². The summed E-state index contributed by atoms with van der Waals surface area (Å²) in [4.78, 5) is 13.9. The summed E-state index contributed by atoms with van der Waals surface area (Å²) in [5.41, 5.74) is 0. The van der Waals surface area contributed by atoms with E-state index in [1.165, 1.54) is 12.1 Å². The number of rotatable bonds is 4. The summed E-state index contributed by atoms with van der Waals surface area (Å²) < 4.78 is 26.1. The zero-order valence-corrected chi connectivity index (χ0v) is 11.1. The van der Waals surface area contributed by atoms with Crippen LogP contribution in [0.5, 0.6) is 0 Å². The zero-order valence-electron chi connectivity index (χ0n) is 10.3. The van der Waals surface area contributed by atoms with Gasteiger partial charge in [-0.05, 0) is 25.0 Å². The van der Waals surface area contributed by atoms with Crippen molar-refractivity contribution in [2.24, 2.45) is 0 Å². The summed E-state index contributed by atoms with van der Waals surface area (Å²) in [6.45, 7) is 0.595. The molecule has 1 heterocycles. The average molecular weight is 287 g/mol. The van der Waals surface area contributed by atoms with Gasteiger partial charge in [-0.15, -0.1) is 11.8 Å². The fourth-order valence-electron chi connectivity index (χ4n) is 2.17. The fraction of sp³-hybridized carbons (Fsp3) is 0.462. The predicted octanol–water partition coefficient (Wildman–Crippen LogP) is 2.04. The third-order valence-corrected chi connectivity index (χ3v) is 4.19. The molecule has 0 aliphatic carbocycles. The van der Waals surface area contributed by atoms with Gasteiger partial charge in [-0.2, -0.15) is 0 Å². The maximum atomic E-state index is 13.4. The summed E-state index contributed by atoms with van der Waals surface area (Å²) in [7, 11) is 0. The molecule has 1 aliphatic rings. The van der Waals surface area contributed by atoms with Gasteiger partial charge in [0.05, 0.1) is 18.4 Å². The second-order valence-corrected chi connectivity index (χ2v) is 5.45. The molecule has 1 aromatic carbocycles. The first-order valence-electron chi connectivity index (χ1n) is 6.10. The van der Waals surface area contributed by atoms with Crippen molar-refractivity contribution in [2.45, 2.75) is 23.8 Å². The molecule has 3 nitrogen and oxygen atoms in total. The lowest BCUT2D eigenvalue weighted by Gasteiger charge is -2.22. The summed E-state index contributed by atoms with van der Waals surface area (Å²) >= 11 is 1.05. The van der Waals surface area contributed by atoms with Crippen LogP contribution in [-0.2, 0) is 4.79 Å². The van der Waals surface area contributed by atoms with E-state index in [1.807, 2.05) is 0 Å². The van der Waals surface area contributed by atoms with Crippen molar-refractivity contribution < 1.29 is 18.7 Å². The van der Waals surface area contributed by atoms with Crippen LogP contribution in [0.4, 0.5) is 8.78 Å². The third-order valence-electron chi connectivity index (χ3n) is 3.15. The Morgan fingerprint density at radius 2 is 2.26 bits per heavy atom. The summed E-state index contributed by atoms with van der Waals surface area (Å²) in [6, 6.07) is 3.18. The van der Waals surface area contributed by atoms with Crippen molar-refractivity contribution in [2.75, 3.05) is 18.9 Å². The van der Waals surface area contributed by atoms with E-state index >= 15 is 0 Å². The topological polar surface area (TPSA) is 40.5 Å². The molecule has 1 saturated heterocycles. The smallest absolute Gasteiger partial charge is 0.233 e. The number of thioether (sulfide) groups is 1. The first-order chi connectivity index (χ1) is 9.11. The molecule has 1 aliphatic heterocycles. The molecule has 1 aromatic rings. The minimum atomic E-state index is -0.655. The van der Waals surface area contributed by atoms with E-state index in [0.717, 1.165) is 30.7 Å². The maximum absolute atomic E-state index is 13.4. The molecule has 0 radical (unpaired) electrons. The quantitative estimate of drug-likeness (QED) is 0.862. The second kappa shape index (κ2) is 6.34. The molecule has 1 amide bonds. The lowest BCUT2D eigenvalue weighted by molar-refractivity contribution is -0.129. The van der Waals surface area contributed by atoms with Crippen molar-refractivity contribution in [3.05, 3.63) is 29.8 Å². The number of amides is 1. The van der Waals surface area contributed by atoms with E-state index in [4.69, 9.17) is 5.11 Å². The number of carbonyl (C=O) groups excluding carboxylic acids is 1. The first-order valence-corrected chi connectivity index (χ1v) is 7.08. The Labute approximate surface area is 114 Å². The van der Waals surface area contributed by atoms with Crippen LogP contribution in [0.15, 0.2) is 23.1 Å². The summed E-state index contributed by atoms with van der Waals surface area (Å²) in [6.07, 6.45) is 1.68. The molecule has 1 fully saturated rings. The van der Waals surface area contributed by atoms with Crippen molar-refractivity contribution in [3.8, 4) is 0 Å². The highest BCUT2D eigenvalue weighted by atomic mass is 32.2. The second-order valence-electron chi connectivity index (χ2n) is 4.43. The Morgan fingerprint density at radius 3 is 2.95 bits per heavy atom. The number of hydrogen-bond acceptors (Lipinski definition) is 3. The summed E-state index contributed by atoms with van der Waals surface area (Å²) in [5, 5.41) is 9.14. The Balaban J connectivity index is 1.93. The number of likely N-dealkylation sites (tertiary alicyclic amines) is 1. The number of hydrogen-bond donors (Lipinski definition) is 1. The predicted molar refractivity (Wildman–Crippen MR) is 68.9 cm³/mol. The van der Waals surface area contributed by atoms with Gasteiger partial charge < -0.3 is 10.0 Å². The van der Waals surface area contributed by atoms with E-state index < -0.39 is 11.6 Å². The molecule has 1 unspecified atom stereocenters. The van der Waals surface area contributed by atoms with Crippen LogP contribution >= 0.6 is 11.8 Å². The van der Waals surface area contributed by atoms with E-state index in [2.05, 4.69) is 0 Å². The molecule has 6 heteroatoms. The van der Waals surface area contributed by atoms with E-state index in [-0.39, 0.29) is 29.2 Å². The lowest BCUT2D eigenvalue weighted by Crippen LogP contribution is -2.38. The van der Waals surface area contributed by atoms with Crippen molar-refractivity contribution in [1.82, 2.24) is 4.90 Å². The number of halogens is 2. The van der Waals surface area contributed by atoms with Gasteiger partial charge in [0.15, 0.2) is 0 Å². The Kier molecular flexibility index (Phi) is 4.76. The molecule has 0 bridgehead atoms. The zero-order chi connectivity index (χ0) is 13.8. The molecular weight excluding hydrogens is 272 g/mol. The SMILES string of the molecule is O=C(CSc1ccc(F)cc1F)N1CCCC1CO. The maximum Gasteiger partial charge on any atom is 0.233 e. The molecule has 19 heavy (non-hydrogen) atoms. The van der Waals surface area contributed by atoms with Gasteiger partial charge in [0.1, 0.15) is 11.6 Å². The molecule has 1 N–H and O–H groups in total. The molecule has 0 spiro atoms. The minimum absolute atomic E-state index is 0.0404. The van der Waals surface area contributed by atoms with Gasteiger partial charge in [-0.25, -0.2) is 8.78 Å². The van der Waals surface area contributed by atoms with Crippen molar-refractivity contribution in [3.63, 3.8) is 0 Å². The standard InChI is InChI=1S/C13H15F2NO2S/c14-9-3-4-12(11(15)6-9)19-8-13(18)16-5-1-2-10(16)7-17/h3-4,6,10,17H,1-2,5,7-8H2. The van der Waals surface area contributed by atoms with Crippen LogP contribution in [0.2, 0.25) is 0 Å². The normalized spacial score (nSPS) is 18.9. The Hall–Kier alpha value is -1.14. The van der Waals surface area contributed by atoms with Crippen LogP contribution in [0, 0.1) is 11.6 Å². The number of carbonyl (C=O) groups is 1. The highest BCUT2D eigenvalue weighted by molar-refractivity contribution is 8.00. The van der Waals surface area contributed by atoms with Gasteiger partial charge in [0.2, 0.25) is 5.91 Å². The summed E-state index contributed by atoms with van der Waals surface area (Å²) in [5.74, 6) is -1.31. The van der Waals surface area contributed by atoms with Crippen LogP contribution in [-0.4, -0.2) is 40.9 Å². The molecule has 2 rings (SSSR count). The molecule has 104 valence electrons. The third kappa shape index (κ3) is 3.45.